The first kappa shape index (κ1) is 24.4. The summed E-state index contributed by atoms with van der Waals surface area (Å²) < 4.78 is 25.3. The molecule has 1 amide bonds. The molecule has 172 valence electrons. The molecule has 0 spiro atoms. The van der Waals surface area contributed by atoms with Crippen LogP contribution in [-0.2, 0) is 9.84 Å². The van der Waals surface area contributed by atoms with E-state index in [1.54, 1.807) is 24.0 Å². The number of fused-ring (bicyclic) bond motifs is 1. The van der Waals surface area contributed by atoms with E-state index in [0.29, 0.717) is 17.2 Å². The highest BCUT2D eigenvalue weighted by atomic mass is 32.2. The molecule has 2 aromatic carbocycles. The average Bonchev–Trinajstić information content (AvgIpc) is 3.19. The van der Waals surface area contributed by atoms with Crippen molar-refractivity contribution in [1.29, 1.82) is 0 Å². The number of thiazole rings is 1. The Morgan fingerprint density at radius 1 is 0.969 bits per heavy atom. The molecular formula is C24H31N3O3S2. The first-order valence-electron chi connectivity index (χ1n) is 10.9. The lowest BCUT2D eigenvalue weighted by molar-refractivity contribution is 0.0983. The number of carbonyl (C=O) groups is 1. The van der Waals surface area contributed by atoms with E-state index in [0.717, 1.165) is 29.9 Å². The number of sulfone groups is 1. The van der Waals surface area contributed by atoms with Gasteiger partial charge in [0.15, 0.2) is 15.0 Å². The fourth-order valence-electron chi connectivity index (χ4n) is 3.48. The quantitative estimate of drug-likeness (QED) is 0.451. The summed E-state index contributed by atoms with van der Waals surface area (Å²) in [6, 6.07) is 10.4. The molecule has 0 saturated carbocycles. The third kappa shape index (κ3) is 5.19. The molecule has 0 bridgehead atoms. The lowest BCUT2D eigenvalue weighted by Gasteiger charge is -2.24. The number of rotatable bonds is 9. The maximum atomic E-state index is 13.5. The number of carbonyl (C=O) groups excluding carboxylic acids is 1. The highest BCUT2D eigenvalue weighted by molar-refractivity contribution is 7.91. The Balaban J connectivity index is 1.98. The van der Waals surface area contributed by atoms with Crippen LogP contribution in [0.15, 0.2) is 41.3 Å². The van der Waals surface area contributed by atoms with Crippen LogP contribution in [0.3, 0.4) is 0 Å². The molecule has 0 unspecified atom stereocenters. The van der Waals surface area contributed by atoms with E-state index in [1.807, 2.05) is 0 Å². The van der Waals surface area contributed by atoms with Gasteiger partial charge in [-0.3, -0.25) is 9.69 Å². The van der Waals surface area contributed by atoms with Gasteiger partial charge in [0.05, 0.1) is 20.9 Å². The summed E-state index contributed by atoms with van der Waals surface area (Å²) in [5, 5.41) is 0.660. The Labute approximate surface area is 194 Å². The van der Waals surface area contributed by atoms with E-state index < -0.39 is 9.84 Å². The Morgan fingerprint density at radius 3 is 2.19 bits per heavy atom. The molecule has 32 heavy (non-hydrogen) atoms. The van der Waals surface area contributed by atoms with Gasteiger partial charge in [-0.2, -0.15) is 0 Å². The molecule has 3 rings (SSSR count). The SMILES string of the molecule is CCN(CC)CCN(C(=O)c1ccc(S(=O)(=O)CC)cc1)c1nc2cc(C)c(C)cc2s1. The molecular weight excluding hydrogens is 442 g/mol. The van der Waals surface area contributed by atoms with Crippen LogP contribution >= 0.6 is 11.3 Å². The van der Waals surface area contributed by atoms with Gasteiger partial charge in [-0.25, -0.2) is 13.4 Å². The summed E-state index contributed by atoms with van der Waals surface area (Å²) >= 11 is 1.51. The third-order valence-electron chi connectivity index (χ3n) is 5.84. The van der Waals surface area contributed by atoms with Crippen LogP contribution in [0.4, 0.5) is 5.13 Å². The number of benzene rings is 2. The van der Waals surface area contributed by atoms with Crippen LogP contribution in [-0.4, -0.2) is 56.1 Å². The minimum absolute atomic E-state index is 0.0286. The van der Waals surface area contributed by atoms with Gasteiger partial charge in [-0.05, 0) is 74.5 Å². The summed E-state index contributed by atoms with van der Waals surface area (Å²) in [7, 11) is -3.31. The van der Waals surface area contributed by atoms with E-state index in [2.05, 4.69) is 44.7 Å². The van der Waals surface area contributed by atoms with Crippen molar-refractivity contribution in [3.63, 3.8) is 0 Å². The van der Waals surface area contributed by atoms with E-state index in [1.165, 1.54) is 34.6 Å². The zero-order chi connectivity index (χ0) is 23.5. The van der Waals surface area contributed by atoms with Crippen LogP contribution < -0.4 is 4.90 Å². The Bertz CT molecular complexity index is 1160. The number of likely N-dealkylation sites (N-methyl/N-ethyl adjacent to an activating group) is 1. The summed E-state index contributed by atoms with van der Waals surface area (Å²) in [4.78, 5) is 22.5. The fourth-order valence-corrected chi connectivity index (χ4v) is 5.43. The highest BCUT2D eigenvalue weighted by Gasteiger charge is 2.23. The van der Waals surface area contributed by atoms with Gasteiger partial charge in [-0.15, -0.1) is 0 Å². The van der Waals surface area contributed by atoms with Crippen molar-refractivity contribution in [2.45, 2.75) is 39.5 Å². The van der Waals surface area contributed by atoms with Crippen LogP contribution in [0.1, 0.15) is 42.3 Å². The van der Waals surface area contributed by atoms with Gasteiger partial charge in [-0.1, -0.05) is 32.1 Å². The van der Waals surface area contributed by atoms with Gasteiger partial charge in [0.1, 0.15) is 0 Å². The van der Waals surface area contributed by atoms with E-state index >= 15 is 0 Å². The van der Waals surface area contributed by atoms with Crippen molar-refractivity contribution in [2.24, 2.45) is 0 Å². The van der Waals surface area contributed by atoms with Crippen molar-refractivity contribution in [3.05, 3.63) is 53.1 Å². The van der Waals surface area contributed by atoms with Crippen LogP contribution in [0, 0.1) is 13.8 Å². The fraction of sp³-hybridized carbons (Fsp3) is 0.417. The van der Waals surface area contributed by atoms with Gasteiger partial charge in [0.2, 0.25) is 0 Å². The number of hydrogen-bond acceptors (Lipinski definition) is 6. The molecule has 1 aromatic heterocycles. The molecule has 8 heteroatoms. The summed E-state index contributed by atoms with van der Waals surface area (Å²) in [5.74, 6) is -0.147. The zero-order valence-corrected chi connectivity index (χ0v) is 21.0. The number of aryl methyl sites for hydroxylation is 2. The number of hydrogen-bond donors (Lipinski definition) is 0. The van der Waals surface area contributed by atoms with Gasteiger partial charge < -0.3 is 4.90 Å². The average molecular weight is 474 g/mol. The smallest absolute Gasteiger partial charge is 0.260 e. The van der Waals surface area contributed by atoms with Gasteiger partial charge in [0, 0.05) is 18.7 Å². The second-order valence-electron chi connectivity index (χ2n) is 7.81. The molecule has 0 N–H and O–H groups in total. The first-order valence-corrected chi connectivity index (χ1v) is 13.4. The number of amides is 1. The predicted molar refractivity (Wildman–Crippen MR) is 133 cm³/mol. The molecule has 0 radical (unpaired) electrons. The van der Waals surface area contributed by atoms with Crippen molar-refractivity contribution in [2.75, 3.05) is 36.8 Å². The Hall–Kier alpha value is -2.29. The molecule has 1 heterocycles. The first-order chi connectivity index (χ1) is 15.2. The van der Waals surface area contributed by atoms with Gasteiger partial charge in [0.25, 0.3) is 5.91 Å². The normalized spacial score (nSPS) is 11.9. The van der Waals surface area contributed by atoms with Crippen LogP contribution in [0.5, 0.6) is 0 Å². The number of nitrogens with zero attached hydrogens (tertiary/aromatic N) is 3. The minimum atomic E-state index is -3.31. The molecule has 3 aromatic rings. The van der Waals surface area contributed by atoms with Crippen molar-refractivity contribution in [1.82, 2.24) is 9.88 Å². The summed E-state index contributed by atoms with van der Waals surface area (Å²) in [6.45, 7) is 13.0. The van der Waals surface area contributed by atoms with Gasteiger partial charge >= 0.3 is 0 Å². The van der Waals surface area contributed by atoms with Crippen LogP contribution in [0.25, 0.3) is 10.2 Å². The minimum Gasteiger partial charge on any atom is -0.302 e. The summed E-state index contributed by atoms with van der Waals surface area (Å²) in [6.07, 6.45) is 0. The molecule has 0 aliphatic carbocycles. The van der Waals surface area contributed by atoms with E-state index in [-0.39, 0.29) is 16.6 Å². The highest BCUT2D eigenvalue weighted by Crippen LogP contribution is 2.31. The standard InChI is InChI=1S/C24H31N3O3S2/c1-6-26(7-2)13-14-27(24-25-21-15-17(4)18(5)16-22(21)31-24)23(28)19-9-11-20(12-10-19)32(29,30)8-3/h9-12,15-16H,6-8,13-14H2,1-5H3. The van der Waals surface area contributed by atoms with E-state index in [9.17, 15) is 13.2 Å². The monoisotopic (exact) mass is 473 g/mol. The topological polar surface area (TPSA) is 70.6 Å². The second-order valence-corrected chi connectivity index (χ2v) is 11.1. The maximum Gasteiger partial charge on any atom is 0.260 e. The van der Waals surface area contributed by atoms with E-state index in [4.69, 9.17) is 4.98 Å². The van der Waals surface area contributed by atoms with Crippen LogP contribution in [0.2, 0.25) is 0 Å². The molecule has 0 atom stereocenters. The van der Waals surface area contributed by atoms with Crippen molar-refractivity contribution in [3.8, 4) is 0 Å². The summed E-state index contributed by atoms with van der Waals surface area (Å²) in [5.41, 5.74) is 3.70. The molecule has 0 aliphatic rings. The van der Waals surface area contributed by atoms with Crippen molar-refractivity contribution < 1.29 is 13.2 Å². The Morgan fingerprint density at radius 2 is 1.59 bits per heavy atom. The second kappa shape index (κ2) is 10.1. The molecule has 0 saturated heterocycles. The van der Waals surface area contributed by atoms with Crippen molar-refractivity contribution >= 4 is 42.4 Å². The molecule has 0 aliphatic heterocycles. The zero-order valence-electron chi connectivity index (χ0n) is 19.4. The number of aromatic nitrogens is 1. The lowest BCUT2D eigenvalue weighted by Crippen LogP contribution is -2.38. The predicted octanol–water partition coefficient (Wildman–Crippen LogP) is 4.70. The molecule has 0 fully saturated rings. The lowest BCUT2D eigenvalue weighted by atomic mass is 10.1. The Kier molecular flexibility index (Phi) is 7.69. The third-order valence-corrected chi connectivity index (χ3v) is 8.63. The largest absolute Gasteiger partial charge is 0.302 e. The molecule has 6 nitrogen and oxygen atoms in total. The maximum absolute atomic E-state index is 13.5. The number of anilines is 1.